The average molecular weight is 293 g/mol. The molecule has 1 aromatic heterocycles. The van der Waals surface area contributed by atoms with Crippen LogP contribution in [0, 0.1) is 6.92 Å². The number of hydrogen-bond acceptors (Lipinski definition) is 3. The molecule has 0 fully saturated rings. The van der Waals surface area contributed by atoms with Crippen LogP contribution >= 0.6 is 0 Å². The SMILES string of the molecule is Cc1nn(C(C)C)cc1S(=O)(=O)N(C)c1ccccc1. The summed E-state index contributed by atoms with van der Waals surface area (Å²) >= 11 is 0. The molecule has 0 spiro atoms. The maximum Gasteiger partial charge on any atom is 0.267 e. The number of benzene rings is 1. The topological polar surface area (TPSA) is 55.2 Å². The maximum absolute atomic E-state index is 12.7. The van der Waals surface area contributed by atoms with Gasteiger partial charge >= 0.3 is 0 Å². The zero-order chi connectivity index (χ0) is 14.9. The Morgan fingerprint density at radius 1 is 1.20 bits per heavy atom. The molecule has 0 unspecified atom stereocenters. The Labute approximate surface area is 119 Å². The van der Waals surface area contributed by atoms with Gasteiger partial charge in [-0.05, 0) is 32.9 Å². The van der Waals surface area contributed by atoms with Crippen molar-refractivity contribution in [2.45, 2.75) is 31.7 Å². The van der Waals surface area contributed by atoms with Gasteiger partial charge in [-0.15, -0.1) is 0 Å². The average Bonchev–Trinajstić information content (AvgIpc) is 2.82. The first-order valence-corrected chi connectivity index (χ1v) is 7.87. The summed E-state index contributed by atoms with van der Waals surface area (Å²) in [7, 11) is -2.03. The summed E-state index contributed by atoms with van der Waals surface area (Å²) in [6.07, 6.45) is 1.59. The predicted molar refractivity (Wildman–Crippen MR) is 79.4 cm³/mol. The van der Waals surface area contributed by atoms with Gasteiger partial charge in [0.25, 0.3) is 10.0 Å². The van der Waals surface area contributed by atoms with E-state index in [9.17, 15) is 8.42 Å². The van der Waals surface area contributed by atoms with Gasteiger partial charge in [0.05, 0.1) is 11.4 Å². The summed E-state index contributed by atoms with van der Waals surface area (Å²) < 4.78 is 28.3. The van der Waals surface area contributed by atoms with Gasteiger partial charge < -0.3 is 0 Å². The highest BCUT2D eigenvalue weighted by Crippen LogP contribution is 2.24. The van der Waals surface area contributed by atoms with E-state index in [1.807, 2.05) is 32.0 Å². The zero-order valence-corrected chi connectivity index (χ0v) is 12.9. The van der Waals surface area contributed by atoms with E-state index < -0.39 is 10.0 Å². The van der Waals surface area contributed by atoms with E-state index in [0.29, 0.717) is 11.4 Å². The molecule has 0 saturated carbocycles. The predicted octanol–water partition coefficient (Wildman–Crippen LogP) is 2.60. The Kier molecular flexibility index (Phi) is 3.85. The molecule has 0 aliphatic heterocycles. The Balaban J connectivity index is 2.45. The fraction of sp³-hybridized carbons (Fsp3) is 0.357. The van der Waals surface area contributed by atoms with E-state index in [1.54, 1.807) is 37.0 Å². The highest BCUT2D eigenvalue weighted by atomic mass is 32.2. The van der Waals surface area contributed by atoms with Gasteiger partial charge in [-0.3, -0.25) is 8.99 Å². The number of para-hydroxylation sites is 1. The first-order chi connectivity index (χ1) is 9.34. The third kappa shape index (κ3) is 2.56. The summed E-state index contributed by atoms with van der Waals surface area (Å²) in [5.74, 6) is 0. The van der Waals surface area contributed by atoms with Gasteiger partial charge in [-0.1, -0.05) is 18.2 Å². The minimum atomic E-state index is -3.59. The molecule has 108 valence electrons. The van der Waals surface area contributed by atoms with Crippen LogP contribution in [0.4, 0.5) is 5.69 Å². The van der Waals surface area contributed by atoms with Gasteiger partial charge in [-0.2, -0.15) is 5.10 Å². The standard InChI is InChI=1S/C14H19N3O2S/c1-11(2)17-10-14(12(3)15-17)20(18,19)16(4)13-8-6-5-7-9-13/h5-11H,1-4H3. The van der Waals surface area contributed by atoms with Crippen LogP contribution in [0.2, 0.25) is 0 Å². The molecule has 5 nitrogen and oxygen atoms in total. The lowest BCUT2D eigenvalue weighted by molar-refractivity contribution is 0.528. The molecule has 0 amide bonds. The van der Waals surface area contributed by atoms with Crippen LogP contribution in [0.5, 0.6) is 0 Å². The van der Waals surface area contributed by atoms with Crippen LogP contribution in [-0.4, -0.2) is 25.2 Å². The van der Waals surface area contributed by atoms with Crippen molar-refractivity contribution in [2.75, 3.05) is 11.4 Å². The minimum Gasteiger partial charge on any atom is -0.269 e. The van der Waals surface area contributed by atoms with E-state index in [-0.39, 0.29) is 10.9 Å². The van der Waals surface area contributed by atoms with E-state index in [1.165, 1.54) is 4.31 Å². The van der Waals surface area contributed by atoms with Crippen molar-refractivity contribution in [3.63, 3.8) is 0 Å². The number of sulfonamides is 1. The quantitative estimate of drug-likeness (QED) is 0.870. The summed E-state index contributed by atoms with van der Waals surface area (Å²) in [5, 5.41) is 4.26. The van der Waals surface area contributed by atoms with E-state index in [4.69, 9.17) is 0 Å². The second-order valence-electron chi connectivity index (χ2n) is 4.96. The fourth-order valence-electron chi connectivity index (χ4n) is 1.91. The third-order valence-electron chi connectivity index (χ3n) is 3.16. The Hall–Kier alpha value is -1.82. The number of hydrogen-bond donors (Lipinski definition) is 0. The molecule has 1 heterocycles. The van der Waals surface area contributed by atoms with Crippen molar-refractivity contribution in [1.29, 1.82) is 0 Å². The minimum absolute atomic E-state index is 0.125. The Morgan fingerprint density at radius 3 is 2.30 bits per heavy atom. The van der Waals surface area contributed by atoms with Crippen LogP contribution in [0.25, 0.3) is 0 Å². The van der Waals surface area contributed by atoms with Crippen LogP contribution in [0.3, 0.4) is 0 Å². The number of aryl methyl sites for hydroxylation is 1. The fourth-order valence-corrected chi connectivity index (χ4v) is 3.26. The maximum atomic E-state index is 12.7. The third-order valence-corrected chi connectivity index (χ3v) is 5.05. The second-order valence-corrected chi connectivity index (χ2v) is 6.90. The van der Waals surface area contributed by atoms with E-state index >= 15 is 0 Å². The molecule has 0 saturated heterocycles. The lowest BCUT2D eigenvalue weighted by atomic mass is 10.3. The lowest BCUT2D eigenvalue weighted by Gasteiger charge is -2.18. The molecule has 0 atom stereocenters. The molecule has 6 heteroatoms. The lowest BCUT2D eigenvalue weighted by Crippen LogP contribution is -2.26. The number of nitrogens with zero attached hydrogens (tertiary/aromatic N) is 3. The molecule has 1 aromatic carbocycles. The van der Waals surface area contributed by atoms with Crippen molar-refractivity contribution in [1.82, 2.24) is 9.78 Å². The van der Waals surface area contributed by atoms with Gasteiger partial charge in [0, 0.05) is 19.3 Å². The molecule has 0 bridgehead atoms. The monoisotopic (exact) mass is 293 g/mol. The van der Waals surface area contributed by atoms with Crippen molar-refractivity contribution >= 4 is 15.7 Å². The molecule has 0 aliphatic carbocycles. The van der Waals surface area contributed by atoms with Gasteiger partial charge in [0.2, 0.25) is 0 Å². The molecule has 2 aromatic rings. The number of aromatic nitrogens is 2. The molecule has 0 aliphatic rings. The Bertz CT molecular complexity index is 690. The van der Waals surface area contributed by atoms with Gasteiger partial charge in [0.15, 0.2) is 0 Å². The largest absolute Gasteiger partial charge is 0.269 e. The number of anilines is 1. The molecular formula is C14H19N3O2S. The van der Waals surface area contributed by atoms with Crippen LogP contribution in [-0.2, 0) is 10.0 Å². The molecule has 20 heavy (non-hydrogen) atoms. The molecular weight excluding hydrogens is 274 g/mol. The molecule has 2 rings (SSSR count). The highest BCUT2D eigenvalue weighted by Gasteiger charge is 2.26. The normalized spacial score (nSPS) is 11.8. The van der Waals surface area contributed by atoms with Gasteiger partial charge in [0.1, 0.15) is 4.90 Å². The molecule has 0 N–H and O–H groups in total. The summed E-state index contributed by atoms with van der Waals surface area (Å²) in [5.41, 5.74) is 1.14. The summed E-state index contributed by atoms with van der Waals surface area (Å²) in [6, 6.07) is 9.13. The van der Waals surface area contributed by atoms with Crippen molar-refractivity contribution in [3.05, 3.63) is 42.2 Å². The van der Waals surface area contributed by atoms with E-state index in [2.05, 4.69) is 5.10 Å². The van der Waals surface area contributed by atoms with Crippen molar-refractivity contribution in [2.24, 2.45) is 0 Å². The Morgan fingerprint density at radius 2 is 1.80 bits per heavy atom. The summed E-state index contributed by atoms with van der Waals surface area (Å²) in [4.78, 5) is 0.248. The van der Waals surface area contributed by atoms with Gasteiger partial charge in [-0.25, -0.2) is 8.42 Å². The second kappa shape index (κ2) is 5.28. The number of rotatable bonds is 4. The van der Waals surface area contributed by atoms with Crippen LogP contribution in [0.15, 0.2) is 41.4 Å². The smallest absolute Gasteiger partial charge is 0.267 e. The first kappa shape index (κ1) is 14.6. The zero-order valence-electron chi connectivity index (χ0n) is 12.1. The van der Waals surface area contributed by atoms with Crippen LogP contribution in [0.1, 0.15) is 25.6 Å². The highest BCUT2D eigenvalue weighted by molar-refractivity contribution is 7.92. The summed E-state index contributed by atoms with van der Waals surface area (Å²) in [6.45, 7) is 5.64. The van der Waals surface area contributed by atoms with Crippen molar-refractivity contribution < 1.29 is 8.42 Å². The van der Waals surface area contributed by atoms with E-state index in [0.717, 1.165) is 0 Å². The van der Waals surface area contributed by atoms with Crippen LogP contribution < -0.4 is 4.31 Å². The van der Waals surface area contributed by atoms with Crippen molar-refractivity contribution in [3.8, 4) is 0 Å². The first-order valence-electron chi connectivity index (χ1n) is 6.43. The molecule has 0 radical (unpaired) electrons.